The second kappa shape index (κ2) is 5.99. The fourth-order valence-electron chi connectivity index (χ4n) is 2.12. The first-order valence-electron chi connectivity index (χ1n) is 7.17. The molecule has 0 aliphatic carbocycles. The first-order chi connectivity index (χ1) is 9.84. The Morgan fingerprint density at radius 1 is 1.05 bits per heavy atom. The summed E-state index contributed by atoms with van der Waals surface area (Å²) in [6, 6.07) is 3.21. The van der Waals surface area contributed by atoms with Crippen LogP contribution in [-0.2, 0) is 20.4 Å². The highest BCUT2D eigenvalue weighted by Crippen LogP contribution is 2.39. The second-order valence-corrected chi connectivity index (χ2v) is 7.46. The van der Waals surface area contributed by atoms with Crippen molar-refractivity contribution in [2.75, 3.05) is 6.61 Å². The largest absolute Gasteiger partial charge is 0.507 e. The SMILES string of the molecule is CC(C)(C)c1cc(C(=O)OCC(N)=O)cc(C(C)(C)C)c1O. The van der Waals surface area contributed by atoms with Gasteiger partial charge in [-0.15, -0.1) is 0 Å². The van der Waals surface area contributed by atoms with Crippen molar-refractivity contribution < 1.29 is 19.4 Å². The zero-order valence-corrected chi connectivity index (χ0v) is 14.1. The number of ether oxygens (including phenoxy) is 1. The van der Waals surface area contributed by atoms with Gasteiger partial charge in [-0.3, -0.25) is 4.79 Å². The van der Waals surface area contributed by atoms with Crippen molar-refractivity contribution in [1.82, 2.24) is 0 Å². The van der Waals surface area contributed by atoms with Gasteiger partial charge in [0.25, 0.3) is 5.91 Å². The molecule has 5 nitrogen and oxygen atoms in total. The lowest BCUT2D eigenvalue weighted by Crippen LogP contribution is -2.22. The summed E-state index contributed by atoms with van der Waals surface area (Å²) < 4.78 is 4.87. The number of hydrogen-bond acceptors (Lipinski definition) is 4. The van der Waals surface area contributed by atoms with Gasteiger partial charge in [-0.1, -0.05) is 41.5 Å². The molecule has 3 N–H and O–H groups in total. The van der Waals surface area contributed by atoms with Crippen LogP contribution < -0.4 is 5.73 Å². The van der Waals surface area contributed by atoms with Gasteiger partial charge in [0, 0.05) is 11.1 Å². The van der Waals surface area contributed by atoms with E-state index in [0.717, 1.165) is 0 Å². The van der Waals surface area contributed by atoms with E-state index < -0.39 is 18.5 Å². The molecular formula is C17H25NO4. The Hall–Kier alpha value is -2.04. The van der Waals surface area contributed by atoms with Crippen molar-refractivity contribution in [3.63, 3.8) is 0 Å². The molecule has 0 bridgehead atoms. The number of primary amides is 1. The summed E-state index contributed by atoms with van der Waals surface area (Å²) in [5.41, 5.74) is 5.92. The van der Waals surface area contributed by atoms with Crippen LogP contribution in [0.2, 0.25) is 0 Å². The molecule has 0 fully saturated rings. The number of hydrogen-bond donors (Lipinski definition) is 2. The molecule has 5 heteroatoms. The zero-order valence-electron chi connectivity index (χ0n) is 14.1. The van der Waals surface area contributed by atoms with Gasteiger partial charge in [0.15, 0.2) is 6.61 Å². The molecule has 1 amide bonds. The van der Waals surface area contributed by atoms with E-state index in [-0.39, 0.29) is 16.6 Å². The minimum absolute atomic E-state index is 0.187. The first-order valence-corrected chi connectivity index (χ1v) is 7.17. The van der Waals surface area contributed by atoms with E-state index in [2.05, 4.69) is 0 Å². The monoisotopic (exact) mass is 307 g/mol. The van der Waals surface area contributed by atoms with Gasteiger partial charge in [-0.2, -0.15) is 0 Å². The molecule has 0 saturated carbocycles. The molecule has 1 aromatic carbocycles. The summed E-state index contributed by atoms with van der Waals surface area (Å²) in [7, 11) is 0. The van der Waals surface area contributed by atoms with E-state index in [0.29, 0.717) is 16.7 Å². The Morgan fingerprint density at radius 2 is 1.45 bits per heavy atom. The molecule has 0 unspecified atom stereocenters. The minimum atomic E-state index is -0.709. The highest BCUT2D eigenvalue weighted by Gasteiger charge is 2.28. The highest BCUT2D eigenvalue weighted by molar-refractivity contribution is 5.92. The third-order valence-corrected chi connectivity index (χ3v) is 3.31. The maximum atomic E-state index is 12.1. The summed E-state index contributed by atoms with van der Waals surface area (Å²) in [5.74, 6) is -1.15. The van der Waals surface area contributed by atoms with Gasteiger partial charge in [0.2, 0.25) is 0 Å². The van der Waals surface area contributed by atoms with Gasteiger partial charge < -0.3 is 15.6 Å². The number of amides is 1. The standard InChI is InChI=1S/C17H25NO4/c1-16(2,3)11-7-10(15(21)22-9-13(18)19)8-12(14(11)20)17(4,5)6/h7-8,20H,9H2,1-6H3,(H2,18,19). The molecule has 0 aliphatic rings. The van der Waals surface area contributed by atoms with Gasteiger partial charge in [0.05, 0.1) is 5.56 Å². The lowest BCUT2D eigenvalue weighted by atomic mass is 9.78. The van der Waals surface area contributed by atoms with Crippen molar-refractivity contribution >= 4 is 11.9 Å². The van der Waals surface area contributed by atoms with Crippen LogP contribution in [0.15, 0.2) is 12.1 Å². The molecule has 1 aromatic rings. The van der Waals surface area contributed by atoms with E-state index in [1.54, 1.807) is 12.1 Å². The van der Waals surface area contributed by atoms with Gasteiger partial charge >= 0.3 is 5.97 Å². The molecule has 0 heterocycles. The Morgan fingerprint density at radius 3 is 1.77 bits per heavy atom. The van der Waals surface area contributed by atoms with Crippen LogP contribution in [0.4, 0.5) is 0 Å². The molecule has 0 radical (unpaired) electrons. The Bertz CT molecular complexity index is 557. The van der Waals surface area contributed by atoms with E-state index in [4.69, 9.17) is 10.5 Å². The molecule has 22 heavy (non-hydrogen) atoms. The first kappa shape index (κ1) is 18.0. The van der Waals surface area contributed by atoms with Gasteiger partial charge in [-0.05, 0) is 23.0 Å². The molecular weight excluding hydrogens is 282 g/mol. The smallest absolute Gasteiger partial charge is 0.338 e. The molecule has 122 valence electrons. The van der Waals surface area contributed by atoms with Crippen LogP contribution in [0, 0.1) is 0 Å². The summed E-state index contributed by atoms with van der Waals surface area (Å²) in [6.45, 7) is 11.2. The van der Waals surface area contributed by atoms with Gasteiger partial charge in [0.1, 0.15) is 5.75 Å². The molecule has 0 aliphatic heterocycles. The van der Waals surface area contributed by atoms with E-state index in [1.807, 2.05) is 41.5 Å². The van der Waals surface area contributed by atoms with Gasteiger partial charge in [-0.25, -0.2) is 4.79 Å². The molecule has 0 aromatic heterocycles. The van der Waals surface area contributed by atoms with Crippen LogP contribution >= 0.6 is 0 Å². The van der Waals surface area contributed by atoms with Crippen molar-refractivity contribution in [2.24, 2.45) is 5.73 Å². The fraction of sp³-hybridized carbons (Fsp3) is 0.529. The normalized spacial score (nSPS) is 12.1. The molecule has 1 rings (SSSR count). The quantitative estimate of drug-likeness (QED) is 0.840. The van der Waals surface area contributed by atoms with Crippen LogP contribution in [0.3, 0.4) is 0 Å². The number of carbonyl (C=O) groups is 2. The van der Waals surface area contributed by atoms with Crippen molar-refractivity contribution in [2.45, 2.75) is 52.4 Å². The number of nitrogens with two attached hydrogens (primary N) is 1. The van der Waals surface area contributed by atoms with E-state index >= 15 is 0 Å². The number of rotatable bonds is 3. The molecule has 0 spiro atoms. The Kier molecular flexibility index (Phi) is 4.90. The number of carbonyl (C=O) groups excluding carboxylic acids is 2. The average molecular weight is 307 g/mol. The summed E-state index contributed by atoms with van der Waals surface area (Å²) in [5, 5.41) is 10.6. The number of benzene rings is 1. The Balaban J connectivity index is 3.41. The average Bonchev–Trinajstić information content (AvgIpc) is 2.33. The number of phenolic OH excluding ortho intramolecular Hbond substituents is 1. The minimum Gasteiger partial charge on any atom is -0.507 e. The van der Waals surface area contributed by atoms with E-state index in [1.165, 1.54) is 0 Å². The maximum absolute atomic E-state index is 12.1. The van der Waals surface area contributed by atoms with Crippen LogP contribution in [0.1, 0.15) is 63.0 Å². The van der Waals surface area contributed by atoms with Crippen molar-refractivity contribution in [3.8, 4) is 5.75 Å². The lowest BCUT2D eigenvalue weighted by molar-refractivity contribution is -0.121. The second-order valence-electron chi connectivity index (χ2n) is 7.46. The predicted octanol–water partition coefficient (Wildman–Crippen LogP) is 2.63. The predicted molar refractivity (Wildman–Crippen MR) is 85.0 cm³/mol. The topological polar surface area (TPSA) is 89.6 Å². The summed E-state index contributed by atoms with van der Waals surface area (Å²) in [6.07, 6.45) is 0. The lowest BCUT2D eigenvalue weighted by Gasteiger charge is -2.27. The molecule has 0 atom stereocenters. The summed E-state index contributed by atoms with van der Waals surface area (Å²) in [4.78, 5) is 22.9. The zero-order chi connectivity index (χ0) is 17.3. The molecule has 0 saturated heterocycles. The number of phenols is 1. The summed E-state index contributed by atoms with van der Waals surface area (Å²) >= 11 is 0. The van der Waals surface area contributed by atoms with E-state index in [9.17, 15) is 14.7 Å². The van der Waals surface area contributed by atoms with Crippen LogP contribution in [0.25, 0.3) is 0 Å². The number of esters is 1. The maximum Gasteiger partial charge on any atom is 0.338 e. The third-order valence-electron chi connectivity index (χ3n) is 3.31. The van der Waals surface area contributed by atoms with Crippen LogP contribution in [0.5, 0.6) is 5.75 Å². The third kappa shape index (κ3) is 4.23. The van der Waals surface area contributed by atoms with Crippen LogP contribution in [-0.4, -0.2) is 23.6 Å². The van der Waals surface area contributed by atoms with Crippen molar-refractivity contribution in [3.05, 3.63) is 28.8 Å². The number of aromatic hydroxyl groups is 1. The highest BCUT2D eigenvalue weighted by atomic mass is 16.5. The Labute approximate surface area is 131 Å². The van der Waals surface area contributed by atoms with Crippen molar-refractivity contribution in [1.29, 1.82) is 0 Å². The fourth-order valence-corrected chi connectivity index (χ4v) is 2.12.